The van der Waals surface area contributed by atoms with Gasteiger partial charge in [-0.2, -0.15) is 0 Å². The molecule has 0 aromatic rings. The third-order valence-electron chi connectivity index (χ3n) is 3.69. The van der Waals surface area contributed by atoms with Gasteiger partial charge in [-0.1, -0.05) is 84.0 Å². The molecule has 0 saturated carbocycles. The van der Waals surface area contributed by atoms with E-state index in [-0.39, 0.29) is 6.42 Å². The standard InChI is InChI=1S/C18H36O3/c1-2-3-4-5-6-7-8-9-10-11-12-13-14-15-18(20)21-17-16-19/h19H,2-17H2,1H3/i16D2,17D2. The van der Waals surface area contributed by atoms with Crippen LogP contribution in [0.25, 0.3) is 0 Å². The van der Waals surface area contributed by atoms with Crippen molar-refractivity contribution in [2.45, 2.75) is 96.8 Å². The fraction of sp³-hybridized carbons (Fsp3) is 0.944. The van der Waals surface area contributed by atoms with Crippen molar-refractivity contribution in [1.29, 1.82) is 0 Å². The second-order valence-corrected chi connectivity index (χ2v) is 5.68. The Morgan fingerprint density at radius 2 is 1.29 bits per heavy atom. The van der Waals surface area contributed by atoms with Crippen LogP contribution >= 0.6 is 0 Å². The molecular weight excluding hydrogens is 264 g/mol. The van der Waals surface area contributed by atoms with Gasteiger partial charge in [-0.3, -0.25) is 4.79 Å². The molecule has 3 nitrogen and oxygen atoms in total. The second kappa shape index (κ2) is 17.5. The topological polar surface area (TPSA) is 46.5 Å². The molecule has 0 amide bonds. The normalized spacial score (nSPS) is 15.0. The minimum atomic E-state index is -3.20. The summed E-state index contributed by atoms with van der Waals surface area (Å²) in [6.45, 7) is -3.98. The molecule has 0 bridgehead atoms. The van der Waals surface area contributed by atoms with Crippen molar-refractivity contribution < 1.29 is 20.1 Å². The highest BCUT2D eigenvalue weighted by atomic mass is 16.5. The van der Waals surface area contributed by atoms with Gasteiger partial charge >= 0.3 is 5.97 Å². The highest BCUT2D eigenvalue weighted by molar-refractivity contribution is 5.69. The molecule has 0 atom stereocenters. The summed E-state index contributed by atoms with van der Waals surface area (Å²) < 4.78 is 32.5. The molecule has 0 rings (SSSR count). The summed E-state index contributed by atoms with van der Waals surface area (Å²) in [6.07, 6.45) is 15.5. The average molecular weight is 305 g/mol. The predicted molar refractivity (Wildman–Crippen MR) is 88.4 cm³/mol. The van der Waals surface area contributed by atoms with E-state index in [9.17, 15) is 4.79 Å². The zero-order chi connectivity index (χ0) is 19.2. The van der Waals surface area contributed by atoms with Gasteiger partial charge < -0.3 is 9.84 Å². The number of carbonyl (C=O) groups is 1. The monoisotopic (exact) mass is 304 g/mol. The maximum atomic E-state index is 11.5. The lowest BCUT2D eigenvalue weighted by molar-refractivity contribution is -0.144. The van der Waals surface area contributed by atoms with Crippen molar-refractivity contribution in [3.8, 4) is 0 Å². The van der Waals surface area contributed by atoms with Crippen LogP contribution in [0.1, 0.15) is 102 Å². The molecule has 1 N–H and O–H groups in total. The Hall–Kier alpha value is -0.570. The molecule has 0 aromatic carbocycles. The van der Waals surface area contributed by atoms with Crippen molar-refractivity contribution in [3.63, 3.8) is 0 Å². The third kappa shape index (κ3) is 17.4. The zero-order valence-corrected chi connectivity index (χ0v) is 13.7. The van der Waals surface area contributed by atoms with E-state index >= 15 is 0 Å². The predicted octanol–water partition coefficient (Wildman–Crippen LogP) is 5.00. The van der Waals surface area contributed by atoms with Crippen molar-refractivity contribution >= 4 is 5.97 Å². The Labute approximate surface area is 137 Å². The van der Waals surface area contributed by atoms with Crippen LogP contribution in [0.15, 0.2) is 0 Å². The van der Waals surface area contributed by atoms with Crippen LogP contribution in [-0.2, 0) is 9.53 Å². The largest absolute Gasteiger partial charge is 0.463 e. The van der Waals surface area contributed by atoms with Crippen LogP contribution in [0.5, 0.6) is 0 Å². The van der Waals surface area contributed by atoms with Gasteiger partial charge in [-0.25, -0.2) is 0 Å². The van der Waals surface area contributed by atoms with E-state index in [1.807, 2.05) is 0 Å². The van der Waals surface area contributed by atoms with Crippen molar-refractivity contribution in [2.75, 3.05) is 13.1 Å². The Morgan fingerprint density at radius 1 is 0.857 bits per heavy atom. The van der Waals surface area contributed by atoms with E-state index in [0.717, 1.165) is 19.3 Å². The van der Waals surface area contributed by atoms with Gasteiger partial charge in [0.05, 0.1) is 12.0 Å². The van der Waals surface area contributed by atoms with Gasteiger partial charge in [0.2, 0.25) is 0 Å². The van der Waals surface area contributed by atoms with E-state index in [2.05, 4.69) is 11.7 Å². The molecule has 0 fully saturated rings. The van der Waals surface area contributed by atoms with Gasteiger partial charge in [0.1, 0.15) is 6.56 Å². The Morgan fingerprint density at radius 3 is 1.71 bits per heavy atom. The van der Waals surface area contributed by atoms with Gasteiger partial charge in [0.15, 0.2) is 0 Å². The number of hydrogen-bond acceptors (Lipinski definition) is 3. The molecule has 0 aliphatic rings. The Kier molecular flexibility index (Phi) is 11.7. The van der Waals surface area contributed by atoms with E-state index < -0.39 is 19.1 Å². The summed E-state index contributed by atoms with van der Waals surface area (Å²) in [4.78, 5) is 11.5. The molecule has 0 saturated heterocycles. The lowest BCUT2D eigenvalue weighted by Gasteiger charge is -2.04. The summed E-state index contributed by atoms with van der Waals surface area (Å²) in [5.41, 5.74) is 0. The van der Waals surface area contributed by atoms with E-state index in [0.29, 0.717) is 6.42 Å². The minimum Gasteiger partial charge on any atom is -0.463 e. The zero-order valence-electron chi connectivity index (χ0n) is 17.7. The average Bonchev–Trinajstić information content (AvgIpc) is 2.50. The molecule has 0 radical (unpaired) electrons. The quantitative estimate of drug-likeness (QED) is 0.322. The molecular formula is C18H36O3. The molecule has 0 spiro atoms. The number of rotatable bonds is 16. The number of carbonyl (C=O) groups excluding carboxylic acids is 1. The minimum absolute atomic E-state index is 0.0490. The summed E-state index contributed by atoms with van der Waals surface area (Å²) in [5.74, 6) is -0.814. The fourth-order valence-corrected chi connectivity index (χ4v) is 2.42. The number of aliphatic hydroxyl groups is 1. The first-order chi connectivity index (χ1) is 11.7. The van der Waals surface area contributed by atoms with E-state index in [1.54, 1.807) is 0 Å². The van der Waals surface area contributed by atoms with Gasteiger partial charge in [0.25, 0.3) is 0 Å². The van der Waals surface area contributed by atoms with Crippen LogP contribution < -0.4 is 0 Å². The van der Waals surface area contributed by atoms with Crippen molar-refractivity contribution in [3.05, 3.63) is 0 Å². The summed E-state index contributed by atoms with van der Waals surface area (Å²) in [6, 6.07) is 0. The molecule has 0 heterocycles. The Bertz CT molecular complexity index is 344. The third-order valence-corrected chi connectivity index (χ3v) is 3.69. The molecule has 0 aliphatic carbocycles. The van der Waals surface area contributed by atoms with Gasteiger partial charge in [-0.05, 0) is 6.42 Å². The molecule has 0 aromatic heterocycles. The molecule has 3 heteroatoms. The van der Waals surface area contributed by atoms with E-state index in [4.69, 9.17) is 10.6 Å². The highest BCUT2D eigenvalue weighted by Gasteiger charge is 2.01. The summed E-state index contributed by atoms with van der Waals surface area (Å²) in [5, 5.41) is 8.96. The maximum Gasteiger partial charge on any atom is 0.305 e. The smallest absolute Gasteiger partial charge is 0.305 e. The second-order valence-electron chi connectivity index (χ2n) is 5.68. The number of ether oxygens (including phenoxy) is 1. The van der Waals surface area contributed by atoms with Crippen LogP contribution in [0.2, 0.25) is 0 Å². The van der Waals surface area contributed by atoms with Crippen LogP contribution in [0, 0.1) is 0 Å². The van der Waals surface area contributed by atoms with Crippen LogP contribution in [-0.4, -0.2) is 24.2 Å². The van der Waals surface area contributed by atoms with Crippen molar-refractivity contribution in [1.82, 2.24) is 0 Å². The number of esters is 1. The van der Waals surface area contributed by atoms with E-state index in [1.165, 1.54) is 57.8 Å². The molecule has 0 aliphatic heterocycles. The summed E-state index contributed by atoms with van der Waals surface area (Å²) in [7, 11) is 0. The lowest BCUT2D eigenvalue weighted by Crippen LogP contribution is -2.07. The first-order valence-corrected chi connectivity index (χ1v) is 8.65. The highest BCUT2D eigenvalue weighted by Crippen LogP contribution is 2.13. The summed E-state index contributed by atoms with van der Waals surface area (Å²) >= 11 is 0. The van der Waals surface area contributed by atoms with Crippen LogP contribution in [0.3, 0.4) is 0 Å². The maximum absolute atomic E-state index is 11.5. The molecule has 21 heavy (non-hydrogen) atoms. The van der Waals surface area contributed by atoms with Gasteiger partial charge in [0, 0.05) is 6.42 Å². The van der Waals surface area contributed by atoms with Crippen molar-refractivity contribution in [2.24, 2.45) is 0 Å². The fourth-order valence-electron chi connectivity index (χ4n) is 2.42. The van der Waals surface area contributed by atoms with Gasteiger partial charge in [-0.15, -0.1) is 0 Å². The molecule has 0 unspecified atom stereocenters. The lowest BCUT2D eigenvalue weighted by atomic mass is 10.0. The van der Waals surface area contributed by atoms with Crippen LogP contribution in [0.4, 0.5) is 0 Å². The Balaban J connectivity index is 3.43. The first-order valence-electron chi connectivity index (χ1n) is 10.6. The molecule has 126 valence electrons. The first kappa shape index (κ1) is 14.0. The number of hydrogen-bond donors (Lipinski definition) is 1. The number of unbranched alkanes of at least 4 members (excludes halogenated alkanes) is 12. The SMILES string of the molecule is [2H]C([2H])(O)C([2H])([2H])OC(=O)CCCCCCCCCCCCCCC.